The molecule has 0 spiro atoms. The van der Waals surface area contributed by atoms with Crippen molar-refractivity contribution in [3.63, 3.8) is 0 Å². The van der Waals surface area contributed by atoms with Crippen molar-refractivity contribution in [2.45, 2.75) is 25.3 Å². The Morgan fingerprint density at radius 2 is 2.04 bits per heavy atom. The van der Waals surface area contributed by atoms with Crippen LogP contribution in [-0.2, 0) is 4.79 Å². The minimum absolute atomic E-state index is 0.100. The van der Waals surface area contributed by atoms with Crippen molar-refractivity contribution >= 4 is 11.9 Å². The summed E-state index contributed by atoms with van der Waals surface area (Å²) >= 11 is 0. The first-order valence-electron chi connectivity index (χ1n) is 8.31. The van der Waals surface area contributed by atoms with Crippen LogP contribution in [0.3, 0.4) is 0 Å². The van der Waals surface area contributed by atoms with Crippen LogP contribution in [0.5, 0.6) is 0 Å². The quantitative estimate of drug-likeness (QED) is 0.940. The first-order chi connectivity index (χ1) is 11.6. The number of fused-ring (bicyclic) bond motifs is 1. The van der Waals surface area contributed by atoms with Crippen LogP contribution in [0.4, 0.5) is 0 Å². The Kier molecular flexibility index (Phi) is 3.63. The molecular weight excluding hydrogens is 306 g/mol. The van der Waals surface area contributed by atoms with E-state index in [-0.39, 0.29) is 11.8 Å². The molecule has 1 aliphatic carbocycles. The monoisotopic (exact) mass is 325 g/mol. The molecule has 1 saturated heterocycles. The van der Waals surface area contributed by atoms with Gasteiger partial charge in [0.25, 0.3) is 5.91 Å². The lowest BCUT2D eigenvalue weighted by atomic mass is 9.94. The van der Waals surface area contributed by atoms with Gasteiger partial charge in [0.05, 0.1) is 12.5 Å². The van der Waals surface area contributed by atoms with Gasteiger partial charge in [-0.3, -0.25) is 4.79 Å². The van der Waals surface area contributed by atoms with Gasteiger partial charge in [0, 0.05) is 17.7 Å². The van der Waals surface area contributed by atoms with Gasteiger partial charge in [-0.25, -0.2) is 4.79 Å². The summed E-state index contributed by atoms with van der Waals surface area (Å²) in [6, 6.07) is 8.43. The third-order valence-electron chi connectivity index (χ3n) is 5.37. The molecule has 5 nitrogen and oxygen atoms in total. The minimum Gasteiger partial charge on any atom is -0.480 e. The van der Waals surface area contributed by atoms with E-state index in [0.717, 1.165) is 30.4 Å². The van der Waals surface area contributed by atoms with E-state index in [4.69, 9.17) is 4.42 Å². The van der Waals surface area contributed by atoms with Crippen molar-refractivity contribution in [3.05, 3.63) is 48.4 Å². The van der Waals surface area contributed by atoms with E-state index in [1.807, 2.05) is 18.2 Å². The SMILES string of the molecule is O=C(O)[C@@H]1[C@@H]2CCC[C@H]2CN1C(=O)c1cccc(-c2ccoc2)c1. The smallest absolute Gasteiger partial charge is 0.326 e. The molecule has 24 heavy (non-hydrogen) atoms. The van der Waals surface area contributed by atoms with E-state index >= 15 is 0 Å². The average Bonchev–Trinajstić information content (AvgIpc) is 3.30. The number of furan rings is 1. The molecule has 1 aromatic carbocycles. The predicted molar refractivity (Wildman–Crippen MR) is 87.4 cm³/mol. The molecule has 1 aliphatic heterocycles. The molecule has 1 N–H and O–H groups in total. The largest absolute Gasteiger partial charge is 0.480 e. The van der Waals surface area contributed by atoms with Crippen LogP contribution in [0.25, 0.3) is 11.1 Å². The number of aliphatic carboxylic acids is 1. The van der Waals surface area contributed by atoms with Crippen LogP contribution in [-0.4, -0.2) is 34.5 Å². The maximum absolute atomic E-state index is 13.0. The number of nitrogens with zero attached hydrogens (tertiary/aromatic N) is 1. The molecule has 0 unspecified atom stereocenters. The van der Waals surface area contributed by atoms with E-state index in [0.29, 0.717) is 18.0 Å². The number of carbonyl (C=O) groups is 2. The summed E-state index contributed by atoms with van der Waals surface area (Å²) in [5.41, 5.74) is 2.32. The molecule has 124 valence electrons. The van der Waals surface area contributed by atoms with E-state index in [1.54, 1.807) is 29.6 Å². The lowest BCUT2D eigenvalue weighted by Crippen LogP contribution is -2.43. The van der Waals surface area contributed by atoms with Crippen molar-refractivity contribution in [2.24, 2.45) is 11.8 Å². The minimum atomic E-state index is -0.885. The third kappa shape index (κ3) is 2.40. The molecule has 5 heteroatoms. The number of hydrogen-bond donors (Lipinski definition) is 1. The van der Waals surface area contributed by atoms with Gasteiger partial charge in [-0.1, -0.05) is 18.6 Å². The molecule has 1 aromatic heterocycles. The van der Waals surface area contributed by atoms with Gasteiger partial charge in [0.2, 0.25) is 0 Å². The summed E-state index contributed by atoms with van der Waals surface area (Å²) in [4.78, 5) is 26.3. The number of rotatable bonds is 3. The highest BCUT2D eigenvalue weighted by atomic mass is 16.4. The molecular formula is C19H19NO4. The number of carboxylic acid groups (broad SMARTS) is 1. The Morgan fingerprint density at radius 1 is 1.17 bits per heavy atom. The Labute approximate surface area is 139 Å². The molecule has 2 aliphatic rings. The van der Waals surface area contributed by atoms with Crippen LogP contribution in [0, 0.1) is 11.8 Å². The summed E-state index contributed by atoms with van der Waals surface area (Å²) in [5.74, 6) is -0.651. The van der Waals surface area contributed by atoms with Crippen LogP contribution in [0.1, 0.15) is 29.6 Å². The zero-order valence-corrected chi connectivity index (χ0v) is 13.2. The molecule has 2 heterocycles. The van der Waals surface area contributed by atoms with E-state index in [9.17, 15) is 14.7 Å². The van der Waals surface area contributed by atoms with Crippen LogP contribution in [0.2, 0.25) is 0 Å². The summed E-state index contributed by atoms with van der Waals surface area (Å²) in [6.45, 7) is 0.552. The highest BCUT2D eigenvalue weighted by Crippen LogP contribution is 2.42. The third-order valence-corrected chi connectivity index (χ3v) is 5.37. The lowest BCUT2D eigenvalue weighted by Gasteiger charge is -2.24. The molecule has 0 radical (unpaired) electrons. The fourth-order valence-electron chi connectivity index (χ4n) is 4.26. The number of benzene rings is 1. The molecule has 2 aromatic rings. The van der Waals surface area contributed by atoms with Crippen molar-refractivity contribution in [1.82, 2.24) is 4.90 Å². The molecule has 4 rings (SSSR count). The number of amides is 1. The van der Waals surface area contributed by atoms with E-state index < -0.39 is 12.0 Å². The van der Waals surface area contributed by atoms with Crippen molar-refractivity contribution in [3.8, 4) is 11.1 Å². The zero-order chi connectivity index (χ0) is 16.7. The Hall–Kier alpha value is -2.56. The summed E-state index contributed by atoms with van der Waals surface area (Å²) in [5, 5.41) is 9.63. The highest BCUT2D eigenvalue weighted by Gasteiger charge is 2.49. The number of hydrogen-bond acceptors (Lipinski definition) is 3. The summed E-state index contributed by atoms with van der Waals surface area (Å²) < 4.78 is 5.09. The second-order valence-electron chi connectivity index (χ2n) is 6.69. The van der Waals surface area contributed by atoms with Gasteiger partial charge < -0.3 is 14.4 Å². The number of carbonyl (C=O) groups excluding carboxylic acids is 1. The first-order valence-corrected chi connectivity index (χ1v) is 8.31. The fourth-order valence-corrected chi connectivity index (χ4v) is 4.26. The molecule has 0 bridgehead atoms. The van der Waals surface area contributed by atoms with Crippen molar-refractivity contribution in [2.75, 3.05) is 6.54 Å². The summed E-state index contributed by atoms with van der Waals surface area (Å²) in [6.07, 6.45) is 6.21. The Balaban J connectivity index is 1.64. The number of likely N-dealkylation sites (tertiary alicyclic amines) is 1. The second kappa shape index (κ2) is 5.82. The van der Waals surface area contributed by atoms with Gasteiger partial charge in [-0.2, -0.15) is 0 Å². The van der Waals surface area contributed by atoms with Crippen molar-refractivity contribution < 1.29 is 19.1 Å². The maximum Gasteiger partial charge on any atom is 0.326 e. The van der Waals surface area contributed by atoms with Gasteiger partial charge in [0.1, 0.15) is 6.04 Å². The van der Waals surface area contributed by atoms with Crippen LogP contribution in [0.15, 0.2) is 47.3 Å². The fraction of sp³-hybridized carbons (Fsp3) is 0.368. The molecule has 2 fully saturated rings. The maximum atomic E-state index is 13.0. The Bertz CT molecular complexity index is 767. The topological polar surface area (TPSA) is 70.8 Å². The van der Waals surface area contributed by atoms with Gasteiger partial charge >= 0.3 is 5.97 Å². The number of carboxylic acids is 1. The first kappa shape index (κ1) is 15.0. The average molecular weight is 325 g/mol. The molecule has 3 atom stereocenters. The van der Waals surface area contributed by atoms with Gasteiger partial charge in [-0.15, -0.1) is 0 Å². The lowest BCUT2D eigenvalue weighted by molar-refractivity contribution is -0.142. The summed E-state index contributed by atoms with van der Waals surface area (Å²) in [7, 11) is 0. The molecule has 1 saturated carbocycles. The van der Waals surface area contributed by atoms with E-state index in [2.05, 4.69) is 0 Å². The van der Waals surface area contributed by atoms with Crippen molar-refractivity contribution in [1.29, 1.82) is 0 Å². The van der Waals surface area contributed by atoms with E-state index in [1.165, 1.54) is 0 Å². The predicted octanol–water partition coefficient (Wildman–Crippen LogP) is 3.27. The second-order valence-corrected chi connectivity index (χ2v) is 6.69. The van der Waals surface area contributed by atoms with Gasteiger partial charge in [-0.05, 0) is 48.4 Å². The Morgan fingerprint density at radius 3 is 2.79 bits per heavy atom. The highest BCUT2D eigenvalue weighted by molar-refractivity contribution is 5.98. The standard InChI is InChI=1S/C19H19NO4/c21-18(13-4-1-3-12(9-13)15-7-8-24-11-15)20-10-14-5-2-6-16(14)17(20)19(22)23/h1,3-4,7-9,11,14,16-17H,2,5-6,10H2,(H,22,23)/t14-,16+,17-/m0/s1. The van der Waals surface area contributed by atoms with Crippen LogP contribution < -0.4 is 0 Å². The normalized spacial score (nSPS) is 25.7. The molecule has 1 amide bonds. The van der Waals surface area contributed by atoms with Crippen LogP contribution >= 0.6 is 0 Å². The van der Waals surface area contributed by atoms with Gasteiger partial charge in [0.15, 0.2) is 0 Å². The zero-order valence-electron chi connectivity index (χ0n) is 13.2.